The van der Waals surface area contributed by atoms with Gasteiger partial charge >= 0.3 is 0 Å². The van der Waals surface area contributed by atoms with E-state index in [9.17, 15) is 18.0 Å². The minimum absolute atomic E-state index is 0.0668. The van der Waals surface area contributed by atoms with E-state index in [0.29, 0.717) is 4.47 Å². The predicted octanol–water partition coefficient (Wildman–Crippen LogP) is 4.30. The van der Waals surface area contributed by atoms with Gasteiger partial charge in [-0.2, -0.15) is 0 Å². The molecule has 0 unspecified atom stereocenters. The third kappa shape index (κ3) is 4.25. The molecule has 23 heavy (non-hydrogen) atoms. The van der Waals surface area contributed by atoms with Crippen molar-refractivity contribution >= 4 is 27.5 Å². The lowest BCUT2D eigenvalue weighted by Gasteiger charge is -2.21. The molecule has 0 radical (unpaired) electrons. The van der Waals surface area contributed by atoms with E-state index in [4.69, 9.17) is 4.74 Å². The molecule has 0 saturated carbocycles. The molecule has 2 aromatic rings. The Morgan fingerprint density at radius 1 is 1.09 bits per heavy atom. The van der Waals surface area contributed by atoms with Crippen molar-refractivity contribution in [3.05, 3.63) is 58.3 Å². The fourth-order valence-corrected chi connectivity index (χ4v) is 2.30. The van der Waals surface area contributed by atoms with E-state index in [2.05, 4.69) is 15.9 Å². The van der Waals surface area contributed by atoms with Gasteiger partial charge in [0, 0.05) is 22.8 Å². The van der Waals surface area contributed by atoms with Crippen LogP contribution in [0.1, 0.15) is 6.92 Å². The Bertz CT molecular complexity index is 724. The average Bonchev–Trinajstić information content (AvgIpc) is 2.50. The molecule has 0 aromatic heterocycles. The number of rotatable bonds is 5. The van der Waals surface area contributed by atoms with Crippen LogP contribution >= 0.6 is 15.9 Å². The highest BCUT2D eigenvalue weighted by molar-refractivity contribution is 9.10. The van der Waals surface area contributed by atoms with Gasteiger partial charge in [-0.1, -0.05) is 15.9 Å². The molecule has 0 aliphatic heterocycles. The lowest BCUT2D eigenvalue weighted by molar-refractivity contribution is -0.120. The molecule has 0 bridgehead atoms. The van der Waals surface area contributed by atoms with Gasteiger partial charge in [0.1, 0.15) is 0 Å². The van der Waals surface area contributed by atoms with Crippen molar-refractivity contribution in [2.45, 2.75) is 6.92 Å². The van der Waals surface area contributed by atoms with E-state index in [1.807, 2.05) is 0 Å². The topological polar surface area (TPSA) is 29.5 Å². The van der Waals surface area contributed by atoms with Crippen LogP contribution < -0.4 is 9.64 Å². The highest BCUT2D eigenvalue weighted by Crippen LogP contribution is 2.22. The minimum atomic E-state index is -1.05. The third-order valence-electron chi connectivity index (χ3n) is 3.08. The number of carbonyl (C=O) groups is 1. The van der Waals surface area contributed by atoms with Gasteiger partial charge in [0.2, 0.25) is 0 Å². The molecule has 0 atom stereocenters. The van der Waals surface area contributed by atoms with Gasteiger partial charge in [-0.05, 0) is 37.3 Å². The van der Waals surface area contributed by atoms with E-state index >= 15 is 0 Å². The second-order valence-corrected chi connectivity index (χ2v) is 5.52. The summed E-state index contributed by atoms with van der Waals surface area (Å²) >= 11 is 3.12. The molecule has 0 spiro atoms. The average molecular weight is 388 g/mol. The summed E-state index contributed by atoms with van der Waals surface area (Å²) in [4.78, 5) is 13.4. The lowest BCUT2D eigenvalue weighted by Crippen LogP contribution is -2.35. The van der Waals surface area contributed by atoms with E-state index in [-0.39, 0.29) is 18.0 Å². The van der Waals surface area contributed by atoms with Gasteiger partial charge in [0.15, 0.2) is 29.8 Å². The second-order valence-electron chi connectivity index (χ2n) is 4.60. The van der Waals surface area contributed by atoms with E-state index < -0.39 is 30.0 Å². The Morgan fingerprint density at radius 2 is 1.83 bits per heavy atom. The largest absolute Gasteiger partial charge is 0.481 e. The second kappa shape index (κ2) is 7.50. The van der Waals surface area contributed by atoms with Gasteiger partial charge in [0.25, 0.3) is 5.91 Å². The molecule has 0 heterocycles. The van der Waals surface area contributed by atoms with E-state index in [1.54, 1.807) is 13.0 Å². The molecule has 0 N–H and O–H groups in total. The van der Waals surface area contributed by atoms with E-state index in [1.165, 1.54) is 23.1 Å². The maximum absolute atomic E-state index is 13.6. The van der Waals surface area contributed by atoms with Crippen LogP contribution in [0.2, 0.25) is 0 Å². The number of halogens is 4. The van der Waals surface area contributed by atoms with Crippen LogP contribution in [0.3, 0.4) is 0 Å². The molecule has 1 amide bonds. The third-order valence-corrected chi connectivity index (χ3v) is 3.57. The molecule has 0 aliphatic carbocycles. The number of amides is 1. The highest BCUT2D eigenvalue weighted by Gasteiger charge is 2.17. The number of hydrogen-bond donors (Lipinski definition) is 0. The molecule has 7 heteroatoms. The number of carbonyl (C=O) groups excluding carboxylic acids is 1. The molecule has 122 valence electrons. The van der Waals surface area contributed by atoms with Crippen molar-refractivity contribution in [3.63, 3.8) is 0 Å². The van der Waals surface area contributed by atoms with Crippen molar-refractivity contribution in [1.29, 1.82) is 0 Å². The number of hydrogen-bond acceptors (Lipinski definition) is 2. The van der Waals surface area contributed by atoms with Crippen LogP contribution in [0.4, 0.5) is 18.9 Å². The summed E-state index contributed by atoms with van der Waals surface area (Å²) in [5.41, 5.74) is 0.205. The van der Waals surface area contributed by atoms with Gasteiger partial charge < -0.3 is 9.64 Å². The SMILES string of the molecule is CCN(C(=O)COc1ccc(Br)cc1F)c1ccc(F)c(F)c1. The summed E-state index contributed by atoms with van der Waals surface area (Å²) < 4.78 is 45.6. The van der Waals surface area contributed by atoms with Crippen molar-refractivity contribution in [1.82, 2.24) is 0 Å². The molecule has 2 rings (SSSR count). The van der Waals surface area contributed by atoms with E-state index in [0.717, 1.165) is 12.1 Å². The van der Waals surface area contributed by atoms with Crippen molar-refractivity contribution < 1.29 is 22.7 Å². The van der Waals surface area contributed by atoms with Crippen LogP contribution in [0.15, 0.2) is 40.9 Å². The van der Waals surface area contributed by atoms with Crippen LogP contribution in [0, 0.1) is 17.5 Å². The first kappa shape index (κ1) is 17.3. The highest BCUT2D eigenvalue weighted by atomic mass is 79.9. The summed E-state index contributed by atoms with van der Waals surface area (Å²) in [5.74, 6) is -3.22. The van der Waals surface area contributed by atoms with Crippen molar-refractivity contribution in [2.75, 3.05) is 18.1 Å². The van der Waals surface area contributed by atoms with Crippen LogP contribution in [-0.4, -0.2) is 19.1 Å². The van der Waals surface area contributed by atoms with Gasteiger partial charge in [-0.15, -0.1) is 0 Å². The summed E-state index contributed by atoms with van der Waals surface area (Å²) in [6.45, 7) is 1.49. The molecule has 0 fully saturated rings. The first-order chi connectivity index (χ1) is 10.9. The number of nitrogens with zero attached hydrogens (tertiary/aromatic N) is 1. The Balaban J connectivity index is 2.09. The first-order valence-corrected chi connectivity index (χ1v) is 7.55. The molecule has 0 saturated heterocycles. The zero-order valence-electron chi connectivity index (χ0n) is 12.2. The zero-order valence-corrected chi connectivity index (χ0v) is 13.7. The number of anilines is 1. The molecule has 3 nitrogen and oxygen atoms in total. The summed E-state index contributed by atoms with van der Waals surface area (Å²) in [6.07, 6.45) is 0. The zero-order chi connectivity index (χ0) is 17.0. The molecule has 0 aliphatic rings. The maximum Gasteiger partial charge on any atom is 0.264 e. The Hall–Kier alpha value is -2.02. The predicted molar refractivity (Wildman–Crippen MR) is 84.0 cm³/mol. The van der Waals surface area contributed by atoms with Crippen LogP contribution in [-0.2, 0) is 4.79 Å². The lowest BCUT2D eigenvalue weighted by atomic mass is 10.2. The Labute approximate surface area is 139 Å². The Morgan fingerprint density at radius 3 is 2.43 bits per heavy atom. The quantitative estimate of drug-likeness (QED) is 0.765. The number of likely N-dealkylation sites (N-methyl/N-ethyl adjacent to an activating group) is 1. The number of ether oxygens (including phenoxy) is 1. The van der Waals surface area contributed by atoms with Crippen molar-refractivity contribution in [3.8, 4) is 5.75 Å². The van der Waals surface area contributed by atoms with Gasteiger partial charge in [-0.3, -0.25) is 4.79 Å². The smallest absolute Gasteiger partial charge is 0.264 e. The standard InChI is InChI=1S/C16H13BrF3NO2/c1-2-21(11-4-5-12(18)13(19)8-11)16(22)9-23-15-6-3-10(17)7-14(15)20/h3-8H,2,9H2,1H3. The monoisotopic (exact) mass is 387 g/mol. The summed E-state index contributed by atoms with van der Waals surface area (Å²) in [6, 6.07) is 7.34. The van der Waals surface area contributed by atoms with Crippen LogP contribution in [0.5, 0.6) is 5.75 Å². The summed E-state index contributed by atoms with van der Waals surface area (Å²) in [7, 11) is 0. The minimum Gasteiger partial charge on any atom is -0.481 e. The Kier molecular flexibility index (Phi) is 5.65. The van der Waals surface area contributed by atoms with Crippen LogP contribution in [0.25, 0.3) is 0 Å². The molecular formula is C16H13BrF3NO2. The fourth-order valence-electron chi connectivity index (χ4n) is 1.97. The fraction of sp³-hybridized carbons (Fsp3) is 0.188. The number of benzene rings is 2. The van der Waals surface area contributed by atoms with Gasteiger partial charge in [-0.25, -0.2) is 13.2 Å². The summed E-state index contributed by atoms with van der Waals surface area (Å²) in [5, 5.41) is 0. The van der Waals surface area contributed by atoms with Crippen molar-refractivity contribution in [2.24, 2.45) is 0 Å². The molecule has 2 aromatic carbocycles. The normalized spacial score (nSPS) is 10.5. The maximum atomic E-state index is 13.6. The molecular weight excluding hydrogens is 375 g/mol. The van der Waals surface area contributed by atoms with Gasteiger partial charge in [0.05, 0.1) is 0 Å². The first-order valence-electron chi connectivity index (χ1n) is 6.75.